The minimum Gasteiger partial charge on any atom is -0.508 e. The zero-order valence-corrected chi connectivity index (χ0v) is 22.0. The first kappa shape index (κ1) is 24.9. The number of para-hydroxylation sites is 1. The van der Waals surface area contributed by atoms with Gasteiger partial charge < -0.3 is 15.4 Å². The highest BCUT2D eigenvalue weighted by Crippen LogP contribution is 2.34. The van der Waals surface area contributed by atoms with Crippen molar-refractivity contribution < 1.29 is 14.3 Å². The number of pyridine rings is 2. The third-order valence-corrected chi connectivity index (χ3v) is 7.66. The highest BCUT2D eigenvalue weighted by Gasteiger charge is 2.21. The summed E-state index contributed by atoms with van der Waals surface area (Å²) >= 11 is 0. The first-order chi connectivity index (χ1) is 20.0. The highest BCUT2D eigenvalue weighted by atomic mass is 19.1. The molecular formula is C31H26FN7O2. The Balaban J connectivity index is 1.23. The number of hydrogen-bond acceptors (Lipinski definition) is 6. The van der Waals surface area contributed by atoms with E-state index >= 15 is 0 Å². The molecule has 0 atom stereocenters. The normalized spacial score (nSPS) is 14.1. The van der Waals surface area contributed by atoms with Gasteiger partial charge in [0.15, 0.2) is 5.82 Å². The minimum absolute atomic E-state index is 0.0434. The molecule has 1 fully saturated rings. The lowest BCUT2D eigenvalue weighted by molar-refractivity contribution is -0.120. The molecule has 1 amide bonds. The molecule has 0 saturated heterocycles. The molecule has 7 rings (SSSR count). The van der Waals surface area contributed by atoms with E-state index in [1.165, 1.54) is 18.6 Å². The maximum atomic E-state index is 14.0. The zero-order chi connectivity index (χ0) is 27.9. The van der Waals surface area contributed by atoms with Crippen molar-refractivity contribution in [2.24, 2.45) is 5.92 Å². The Morgan fingerprint density at radius 3 is 2.71 bits per heavy atom. The van der Waals surface area contributed by atoms with Crippen molar-refractivity contribution in [2.45, 2.75) is 32.1 Å². The van der Waals surface area contributed by atoms with Gasteiger partial charge >= 0.3 is 0 Å². The number of amides is 1. The van der Waals surface area contributed by atoms with E-state index in [0.29, 0.717) is 39.5 Å². The Kier molecular flexibility index (Phi) is 6.15. The van der Waals surface area contributed by atoms with Gasteiger partial charge in [-0.2, -0.15) is 5.10 Å². The second-order valence-corrected chi connectivity index (χ2v) is 10.5. The second kappa shape index (κ2) is 10.1. The number of H-pyrrole nitrogens is 2. The monoisotopic (exact) mass is 547 g/mol. The van der Waals surface area contributed by atoms with Gasteiger partial charge in [-0.1, -0.05) is 31.4 Å². The van der Waals surface area contributed by atoms with Crippen LogP contribution in [0.3, 0.4) is 0 Å². The number of aromatic amines is 2. The van der Waals surface area contributed by atoms with E-state index in [1.807, 2.05) is 30.3 Å². The molecule has 1 saturated carbocycles. The number of imidazole rings is 1. The Hall–Kier alpha value is -5.12. The molecule has 0 bridgehead atoms. The summed E-state index contributed by atoms with van der Waals surface area (Å²) in [5, 5.41) is 21.3. The lowest BCUT2D eigenvalue weighted by Gasteiger charge is -2.20. The molecule has 4 aromatic heterocycles. The lowest BCUT2D eigenvalue weighted by Crippen LogP contribution is -2.24. The van der Waals surface area contributed by atoms with E-state index in [1.54, 1.807) is 18.6 Å². The molecule has 1 aliphatic carbocycles. The molecule has 4 N–H and O–H groups in total. The molecule has 0 aliphatic heterocycles. The van der Waals surface area contributed by atoms with Crippen molar-refractivity contribution in [3.05, 3.63) is 72.9 Å². The summed E-state index contributed by atoms with van der Waals surface area (Å²) in [4.78, 5) is 29.8. The molecule has 6 aromatic rings. The number of phenolic OH excluding ortho intramolecular Hbond substituents is 1. The number of aromatic hydroxyl groups is 1. The number of nitrogens with zero attached hydrogens (tertiary/aromatic N) is 4. The zero-order valence-electron chi connectivity index (χ0n) is 22.0. The van der Waals surface area contributed by atoms with Crippen LogP contribution in [0, 0.1) is 11.7 Å². The predicted octanol–water partition coefficient (Wildman–Crippen LogP) is 6.59. The Labute approximate surface area is 233 Å². The predicted molar refractivity (Wildman–Crippen MR) is 154 cm³/mol. The average molecular weight is 548 g/mol. The summed E-state index contributed by atoms with van der Waals surface area (Å²) in [7, 11) is 0. The molecule has 41 heavy (non-hydrogen) atoms. The topological polar surface area (TPSA) is 132 Å². The summed E-state index contributed by atoms with van der Waals surface area (Å²) < 4.78 is 14.0. The SMILES string of the molecule is O=C(Nc1cncc(-c2cc3c(-c4nc5c(-c6cc(O)cc(F)c6)cccc5[nH]4)n[nH]c3cn2)c1)C1CCCCC1. The average Bonchev–Trinajstić information content (AvgIpc) is 3.61. The summed E-state index contributed by atoms with van der Waals surface area (Å²) in [6, 6.07) is 13.3. The van der Waals surface area contributed by atoms with Crippen LogP contribution in [-0.2, 0) is 4.79 Å². The van der Waals surface area contributed by atoms with Crippen LogP contribution in [-0.4, -0.2) is 41.1 Å². The third-order valence-electron chi connectivity index (χ3n) is 7.66. The van der Waals surface area contributed by atoms with Crippen LogP contribution in [0.15, 0.2) is 67.1 Å². The number of benzene rings is 2. The smallest absolute Gasteiger partial charge is 0.227 e. The number of fused-ring (bicyclic) bond motifs is 2. The van der Waals surface area contributed by atoms with Crippen LogP contribution in [0.4, 0.5) is 10.1 Å². The van der Waals surface area contributed by atoms with Crippen molar-refractivity contribution >= 4 is 33.5 Å². The molecule has 204 valence electrons. The van der Waals surface area contributed by atoms with Crippen molar-refractivity contribution in [3.63, 3.8) is 0 Å². The number of rotatable bonds is 5. The van der Waals surface area contributed by atoms with Gasteiger partial charge in [0, 0.05) is 34.7 Å². The molecule has 9 nitrogen and oxygen atoms in total. The summed E-state index contributed by atoms with van der Waals surface area (Å²) in [5.74, 6) is -0.0623. The van der Waals surface area contributed by atoms with E-state index < -0.39 is 5.82 Å². The summed E-state index contributed by atoms with van der Waals surface area (Å²) in [5.41, 5.74) is 5.98. The molecule has 10 heteroatoms. The second-order valence-electron chi connectivity index (χ2n) is 10.5. The minimum atomic E-state index is -0.529. The molecule has 1 aliphatic rings. The van der Waals surface area contributed by atoms with Crippen LogP contribution < -0.4 is 5.32 Å². The van der Waals surface area contributed by atoms with E-state index in [-0.39, 0.29) is 17.6 Å². The third kappa shape index (κ3) is 4.77. The van der Waals surface area contributed by atoms with Gasteiger partial charge in [-0.3, -0.25) is 19.9 Å². The Morgan fingerprint density at radius 1 is 0.976 bits per heavy atom. The highest BCUT2D eigenvalue weighted by molar-refractivity contribution is 5.98. The number of phenols is 1. The van der Waals surface area contributed by atoms with Crippen molar-refractivity contribution in [2.75, 3.05) is 5.32 Å². The maximum Gasteiger partial charge on any atom is 0.227 e. The summed E-state index contributed by atoms with van der Waals surface area (Å²) in [6.45, 7) is 0. The molecule has 0 unspecified atom stereocenters. The quantitative estimate of drug-likeness (QED) is 0.192. The first-order valence-electron chi connectivity index (χ1n) is 13.6. The number of halogens is 1. The molecule has 2 aromatic carbocycles. The van der Waals surface area contributed by atoms with Gasteiger partial charge in [0.25, 0.3) is 0 Å². The van der Waals surface area contributed by atoms with Gasteiger partial charge in [-0.05, 0) is 48.7 Å². The summed E-state index contributed by atoms with van der Waals surface area (Å²) in [6.07, 6.45) is 10.3. The van der Waals surface area contributed by atoms with Crippen molar-refractivity contribution in [1.82, 2.24) is 30.1 Å². The van der Waals surface area contributed by atoms with Crippen molar-refractivity contribution in [1.29, 1.82) is 0 Å². The van der Waals surface area contributed by atoms with E-state index in [9.17, 15) is 14.3 Å². The lowest BCUT2D eigenvalue weighted by atomic mass is 9.88. The van der Waals surface area contributed by atoms with Gasteiger partial charge in [0.2, 0.25) is 5.91 Å². The Morgan fingerprint density at radius 2 is 1.85 bits per heavy atom. The van der Waals surface area contributed by atoms with Gasteiger partial charge in [0.1, 0.15) is 17.3 Å². The number of hydrogen-bond donors (Lipinski definition) is 4. The molecule has 0 spiro atoms. The maximum absolute atomic E-state index is 14.0. The van der Waals surface area contributed by atoms with Crippen molar-refractivity contribution in [3.8, 4) is 39.7 Å². The van der Waals surface area contributed by atoms with Crippen LogP contribution in [0.1, 0.15) is 32.1 Å². The van der Waals surface area contributed by atoms with Crippen LogP contribution in [0.5, 0.6) is 5.75 Å². The largest absolute Gasteiger partial charge is 0.508 e. The van der Waals surface area contributed by atoms with Crippen LogP contribution in [0.25, 0.3) is 55.8 Å². The van der Waals surface area contributed by atoms with E-state index in [2.05, 4.69) is 30.5 Å². The van der Waals surface area contributed by atoms with Gasteiger partial charge in [-0.25, -0.2) is 9.37 Å². The fourth-order valence-corrected chi connectivity index (χ4v) is 5.62. The van der Waals surface area contributed by atoms with Gasteiger partial charge in [0.05, 0.1) is 40.3 Å². The van der Waals surface area contributed by atoms with Crippen LogP contribution in [0.2, 0.25) is 0 Å². The first-order valence-corrected chi connectivity index (χ1v) is 13.6. The van der Waals surface area contributed by atoms with E-state index in [0.717, 1.165) is 53.7 Å². The number of carbonyl (C=O) groups is 1. The molecular weight excluding hydrogens is 521 g/mol. The number of nitrogens with one attached hydrogen (secondary N) is 3. The number of anilines is 1. The Bertz CT molecular complexity index is 1900. The molecule has 4 heterocycles. The molecule has 0 radical (unpaired) electrons. The van der Waals surface area contributed by atoms with Crippen LogP contribution >= 0.6 is 0 Å². The standard InChI is InChI=1S/C31H26FN7O2/c32-20-9-18(11-22(40)12-20)23-7-4-8-25-28(23)37-30(36-25)29-24-13-26(34-16-27(24)38-39-29)19-10-21(15-33-14-19)35-31(41)17-5-2-1-3-6-17/h4,7-17,40H,1-3,5-6H2,(H,35,41)(H,36,37)(H,38,39). The van der Waals surface area contributed by atoms with Gasteiger partial charge in [-0.15, -0.1) is 0 Å². The fourth-order valence-electron chi connectivity index (χ4n) is 5.62. The number of carbonyl (C=O) groups excluding carboxylic acids is 1. The van der Waals surface area contributed by atoms with E-state index in [4.69, 9.17) is 4.98 Å². The fraction of sp³-hybridized carbons (Fsp3) is 0.194. The number of aromatic nitrogens is 6.